The number of carboxylic acid groups (broad SMARTS) is 1. The van der Waals surface area contributed by atoms with Gasteiger partial charge >= 0.3 is 5.97 Å². The van der Waals surface area contributed by atoms with Crippen LogP contribution in [-0.2, 0) is 49.6 Å². The monoisotopic (exact) mass is 921 g/mol. The number of likely N-dealkylation sites (tertiary alicyclic amines) is 1. The van der Waals surface area contributed by atoms with Gasteiger partial charge in [0, 0.05) is 13.0 Å². The Bertz CT molecular complexity index is 1830. The number of aliphatic hydroxyl groups excluding tert-OH is 3. The minimum absolute atomic E-state index is 0.0787. The quantitative estimate of drug-likeness (QED) is 0.0446. The normalized spacial score (nSPS) is 17.4. The van der Waals surface area contributed by atoms with Gasteiger partial charge in [0.2, 0.25) is 47.3 Å². The van der Waals surface area contributed by atoms with E-state index in [4.69, 9.17) is 5.73 Å². The number of aliphatic carboxylic acids is 1. The van der Waals surface area contributed by atoms with Crippen molar-refractivity contribution in [3.8, 4) is 5.75 Å². The molecule has 65 heavy (non-hydrogen) atoms. The van der Waals surface area contributed by atoms with E-state index < -0.39 is 139 Å². The van der Waals surface area contributed by atoms with Gasteiger partial charge in [-0.05, 0) is 61.6 Å². The maximum Gasteiger partial charge on any atom is 0.326 e. The summed E-state index contributed by atoms with van der Waals surface area (Å²) in [5, 5.41) is 66.9. The van der Waals surface area contributed by atoms with Gasteiger partial charge in [-0.1, -0.05) is 53.7 Å². The summed E-state index contributed by atoms with van der Waals surface area (Å²) < 4.78 is 0. The first kappa shape index (κ1) is 55.2. The molecule has 1 aromatic carbocycles. The number of carbonyl (C=O) groups excluding carboxylic acids is 8. The Balaban J connectivity index is 2.24. The topological polar surface area (TPSA) is 368 Å². The fourth-order valence-corrected chi connectivity index (χ4v) is 6.90. The maximum absolute atomic E-state index is 13.9. The predicted molar refractivity (Wildman–Crippen MR) is 232 cm³/mol. The lowest BCUT2D eigenvalue weighted by Crippen LogP contribution is -2.63. The van der Waals surface area contributed by atoms with Crippen LogP contribution in [0.2, 0.25) is 0 Å². The van der Waals surface area contributed by atoms with E-state index in [9.17, 15) is 68.7 Å². The molecule has 0 spiro atoms. The Morgan fingerprint density at radius 1 is 0.662 bits per heavy atom. The van der Waals surface area contributed by atoms with Gasteiger partial charge in [-0.25, -0.2) is 4.79 Å². The maximum atomic E-state index is 13.9. The van der Waals surface area contributed by atoms with E-state index in [1.165, 1.54) is 29.2 Å². The van der Waals surface area contributed by atoms with E-state index in [1.807, 2.05) is 0 Å². The van der Waals surface area contributed by atoms with Gasteiger partial charge in [0.15, 0.2) is 0 Å². The zero-order valence-corrected chi connectivity index (χ0v) is 37.8. The van der Waals surface area contributed by atoms with Crippen LogP contribution in [0.1, 0.15) is 73.3 Å². The van der Waals surface area contributed by atoms with Crippen LogP contribution in [0.25, 0.3) is 0 Å². The number of nitrogens with one attached hydrogen (secondary N) is 7. The second kappa shape index (κ2) is 26.1. The number of benzene rings is 1. The van der Waals surface area contributed by atoms with Crippen molar-refractivity contribution in [2.24, 2.45) is 23.5 Å². The Hall–Kier alpha value is -5.91. The van der Waals surface area contributed by atoms with Crippen LogP contribution in [0.15, 0.2) is 24.3 Å². The molecule has 1 aromatic rings. The average Bonchev–Trinajstić information content (AvgIpc) is 3.74. The third-order valence-corrected chi connectivity index (χ3v) is 10.5. The van der Waals surface area contributed by atoms with Gasteiger partial charge in [0.25, 0.3) is 0 Å². The van der Waals surface area contributed by atoms with Gasteiger partial charge < -0.3 is 73.4 Å². The molecule has 23 heteroatoms. The van der Waals surface area contributed by atoms with Crippen molar-refractivity contribution < 1.29 is 68.7 Å². The lowest BCUT2D eigenvalue weighted by atomic mass is 10.0. The minimum atomic E-state index is -1.83. The Morgan fingerprint density at radius 2 is 1.15 bits per heavy atom. The van der Waals surface area contributed by atoms with Crippen molar-refractivity contribution in [1.82, 2.24) is 42.1 Å². The molecule has 0 aromatic heterocycles. The lowest BCUT2D eigenvalue weighted by molar-refractivity contribution is -0.146. The van der Waals surface area contributed by atoms with E-state index in [0.29, 0.717) is 12.0 Å². The van der Waals surface area contributed by atoms with Crippen molar-refractivity contribution in [2.45, 2.75) is 129 Å². The van der Waals surface area contributed by atoms with Gasteiger partial charge in [-0.2, -0.15) is 0 Å². The Labute approximate surface area is 377 Å². The molecule has 364 valence electrons. The number of rotatable bonds is 25. The molecular formula is C42H67N9O14. The standard InChI is InChI=1S/C42H67N9O14/c1-20(2)15-26(44-31(56)17-43)35(57)45-27(16-24-10-12-25(55)13-11-24)36(58)46-28(18-52)37(59)47-29(19-53)38(60)50-34(23(7)54)40(62)48-32(21(3)4)41(63)51-14-8-9-30(51)39(61)49-33(22(5)6)42(64)65/h10-13,20-23,26-30,32-34,52-55H,8-9,14-19,43H2,1-7H3,(H,44,56)(H,45,57)(H,46,58)(H,47,59)(H,48,62)(H,49,61)(H,50,60)(H,64,65)/t23-,26+,27+,28+,29+,30+,32+,33+,34+/m1/s1. The van der Waals surface area contributed by atoms with Crippen molar-refractivity contribution >= 4 is 53.2 Å². The number of aliphatic hydroxyl groups is 3. The fraction of sp³-hybridized carbons (Fsp3) is 0.643. The van der Waals surface area contributed by atoms with Crippen LogP contribution in [-0.4, -0.2) is 164 Å². The molecule has 2 rings (SSSR count). The zero-order chi connectivity index (χ0) is 49.3. The molecule has 23 nitrogen and oxygen atoms in total. The van der Waals surface area contributed by atoms with E-state index in [1.54, 1.807) is 41.5 Å². The number of phenolic OH excluding ortho intramolecular Hbond substituents is 1. The average molecular weight is 922 g/mol. The summed E-state index contributed by atoms with van der Waals surface area (Å²) in [6.07, 6.45) is -0.990. The summed E-state index contributed by atoms with van der Waals surface area (Å²) in [7, 11) is 0. The number of hydrogen-bond acceptors (Lipinski definition) is 14. The molecule has 9 atom stereocenters. The largest absolute Gasteiger partial charge is 0.508 e. The van der Waals surface area contributed by atoms with Crippen molar-refractivity contribution in [2.75, 3.05) is 26.3 Å². The highest BCUT2D eigenvalue weighted by atomic mass is 16.4. The third kappa shape index (κ3) is 16.9. The molecule has 0 radical (unpaired) electrons. The zero-order valence-electron chi connectivity index (χ0n) is 37.8. The summed E-state index contributed by atoms with van der Waals surface area (Å²) >= 11 is 0. The first-order chi connectivity index (χ1) is 30.4. The number of carbonyl (C=O) groups is 9. The van der Waals surface area contributed by atoms with Gasteiger partial charge in [-0.15, -0.1) is 0 Å². The fourth-order valence-electron chi connectivity index (χ4n) is 6.90. The van der Waals surface area contributed by atoms with Crippen LogP contribution in [0.5, 0.6) is 5.75 Å². The summed E-state index contributed by atoms with van der Waals surface area (Å²) in [5.41, 5.74) is 5.88. The van der Waals surface area contributed by atoms with Crippen molar-refractivity contribution in [3.05, 3.63) is 29.8 Å². The summed E-state index contributed by atoms with van der Waals surface area (Å²) in [4.78, 5) is 120. The molecule has 0 saturated carbocycles. The number of carboxylic acids is 1. The molecule has 14 N–H and O–H groups in total. The van der Waals surface area contributed by atoms with E-state index >= 15 is 0 Å². The second-order valence-corrected chi connectivity index (χ2v) is 17.1. The molecule has 8 amide bonds. The van der Waals surface area contributed by atoms with Crippen LogP contribution in [0.3, 0.4) is 0 Å². The summed E-state index contributed by atoms with van der Waals surface area (Å²) in [6, 6.07) is -5.80. The summed E-state index contributed by atoms with van der Waals surface area (Å²) in [6.45, 7) is 8.79. The number of hydrogen-bond donors (Lipinski definition) is 13. The lowest BCUT2D eigenvalue weighted by Gasteiger charge is -2.32. The van der Waals surface area contributed by atoms with Crippen molar-refractivity contribution in [1.29, 1.82) is 0 Å². The first-order valence-electron chi connectivity index (χ1n) is 21.5. The van der Waals surface area contributed by atoms with Crippen molar-refractivity contribution in [3.63, 3.8) is 0 Å². The predicted octanol–water partition coefficient (Wildman–Crippen LogP) is -3.91. The number of nitrogens with zero attached hydrogens (tertiary/aromatic N) is 1. The SMILES string of the molecule is CC(C)C[C@H](NC(=O)CN)C(=O)N[C@@H](Cc1ccc(O)cc1)C(=O)N[C@@H](CO)C(=O)N[C@@H](CO)C(=O)N[C@H](C(=O)N[C@H](C(=O)N1CCC[C@H]1C(=O)N[C@H](C(=O)O)C(C)C)C(C)C)[C@@H](C)O. The molecule has 1 aliphatic rings. The van der Waals surface area contributed by atoms with Crippen LogP contribution in [0.4, 0.5) is 0 Å². The third-order valence-electron chi connectivity index (χ3n) is 10.5. The molecule has 0 unspecified atom stereocenters. The van der Waals surface area contributed by atoms with E-state index in [0.717, 1.165) is 6.92 Å². The van der Waals surface area contributed by atoms with Crippen LogP contribution < -0.4 is 43.0 Å². The molecule has 0 bridgehead atoms. The molecule has 1 fully saturated rings. The highest BCUT2D eigenvalue weighted by molar-refractivity contribution is 5.98. The minimum Gasteiger partial charge on any atom is -0.508 e. The molecular weight excluding hydrogens is 855 g/mol. The van der Waals surface area contributed by atoms with Gasteiger partial charge in [0.05, 0.1) is 25.9 Å². The number of nitrogens with two attached hydrogens (primary N) is 1. The second-order valence-electron chi connectivity index (χ2n) is 17.1. The van der Waals surface area contributed by atoms with Crippen LogP contribution >= 0.6 is 0 Å². The first-order valence-corrected chi connectivity index (χ1v) is 21.5. The van der Waals surface area contributed by atoms with E-state index in [2.05, 4.69) is 37.2 Å². The molecule has 0 aliphatic carbocycles. The highest BCUT2D eigenvalue weighted by Crippen LogP contribution is 2.21. The molecule has 1 heterocycles. The summed E-state index contributed by atoms with van der Waals surface area (Å²) in [5.74, 6) is -9.61. The van der Waals surface area contributed by atoms with E-state index in [-0.39, 0.29) is 37.5 Å². The smallest absolute Gasteiger partial charge is 0.326 e. The number of amides is 8. The Kier molecular flexibility index (Phi) is 22.2. The highest BCUT2D eigenvalue weighted by Gasteiger charge is 2.41. The molecule has 1 aliphatic heterocycles. The van der Waals surface area contributed by atoms with Crippen LogP contribution in [0, 0.1) is 17.8 Å². The Morgan fingerprint density at radius 3 is 1.63 bits per heavy atom. The van der Waals surface area contributed by atoms with Gasteiger partial charge in [-0.3, -0.25) is 38.4 Å². The van der Waals surface area contributed by atoms with Gasteiger partial charge in [0.1, 0.15) is 54.1 Å². The number of aromatic hydroxyl groups is 1. The number of phenols is 1. The molecule has 1 saturated heterocycles.